The molecule has 2 aromatic rings. The van der Waals surface area contributed by atoms with Gasteiger partial charge in [-0.15, -0.1) is 0 Å². The highest BCUT2D eigenvalue weighted by molar-refractivity contribution is 5.71. The van der Waals surface area contributed by atoms with Gasteiger partial charge in [-0.2, -0.15) is 0 Å². The van der Waals surface area contributed by atoms with Crippen molar-refractivity contribution >= 4 is 11.5 Å². The third kappa shape index (κ3) is 2.30. The monoisotopic (exact) mass is 232 g/mol. The number of carbonyl (C=O) groups is 1. The van der Waals surface area contributed by atoms with Gasteiger partial charge in [-0.3, -0.25) is 4.79 Å². The Labute approximate surface area is 99.9 Å². The summed E-state index contributed by atoms with van der Waals surface area (Å²) in [6, 6.07) is 3.70. The Morgan fingerprint density at radius 2 is 2.18 bits per heavy atom. The lowest BCUT2D eigenvalue weighted by atomic mass is 9.96. The number of carboxylic acid groups (broad SMARTS) is 1. The Bertz CT molecular complexity index is 564. The van der Waals surface area contributed by atoms with E-state index < -0.39 is 5.97 Å². The van der Waals surface area contributed by atoms with Crippen LogP contribution < -0.4 is 0 Å². The number of fused-ring (bicyclic) bond motifs is 1. The maximum Gasteiger partial charge on any atom is 0.307 e. The van der Waals surface area contributed by atoms with Crippen LogP contribution >= 0.6 is 0 Å². The van der Waals surface area contributed by atoms with E-state index in [1.807, 2.05) is 22.7 Å². The van der Waals surface area contributed by atoms with Crippen LogP contribution in [0.3, 0.4) is 0 Å². The molecule has 2 rings (SSSR count). The molecule has 0 radical (unpaired) electrons. The minimum absolute atomic E-state index is 0.0271. The minimum Gasteiger partial charge on any atom is -0.481 e. The largest absolute Gasteiger partial charge is 0.481 e. The number of nitrogens with zero attached hydrogens (tertiary/aromatic N) is 2. The number of aromatic nitrogens is 2. The van der Waals surface area contributed by atoms with E-state index in [4.69, 9.17) is 5.11 Å². The maximum absolute atomic E-state index is 10.6. The Kier molecular flexibility index (Phi) is 2.65. The van der Waals surface area contributed by atoms with E-state index in [9.17, 15) is 4.79 Å². The number of aliphatic carboxylic acids is 1. The van der Waals surface area contributed by atoms with Gasteiger partial charge < -0.3 is 9.51 Å². The first-order valence-electron chi connectivity index (χ1n) is 5.56. The van der Waals surface area contributed by atoms with Gasteiger partial charge in [0.1, 0.15) is 5.82 Å². The van der Waals surface area contributed by atoms with Gasteiger partial charge in [0.05, 0.1) is 18.1 Å². The molecule has 0 atom stereocenters. The van der Waals surface area contributed by atoms with Gasteiger partial charge in [0, 0.05) is 11.6 Å². The number of rotatable bonds is 2. The van der Waals surface area contributed by atoms with Crippen LogP contribution in [-0.4, -0.2) is 20.5 Å². The molecule has 0 aromatic carbocycles. The smallest absolute Gasteiger partial charge is 0.307 e. The number of pyridine rings is 1. The van der Waals surface area contributed by atoms with Crippen molar-refractivity contribution in [1.82, 2.24) is 9.38 Å². The van der Waals surface area contributed by atoms with E-state index in [0.29, 0.717) is 0 Å². The third-order valence-corrected chi connectivity index (χ3v) is 2.62. The van der Waals surface area contributed by atoms with E-state index in [0.717, 1.165) is 16.9 Å². The van der Waals surface area contributed by atoms with E-state index in [2.05, 4.69) is 25.8 Å². The van der Waals surface area contributed by atoms with Crippen LogP contribution in [0, 0.1) is 0 Å². The predicted octanol–water partition coefficient (Wildman–Crippen LogP) is 2.26. The summed E-state index contributed by atoms with van der Waals surface area (Å²) in [5, 5.41) is 8.75. The Morgan fingerprint density at radius 1 is 1.47 bits per heavy atom. The lowest BCUT2D eigenvalue weighted by molar-refractivity contribution is -0.136. The zero-order valence-electron chi connectivity index (χ0n) is 10.3. The normalized spacial score (nSPS) is 11.9. The van der Waals surface area contributed by atoms with Crippen LogP contribution in [0.5, 0.6) is 0 Å². The first-order chi connectivity index (χ1) is 7.88. The summed E-state index contributed by atoms with van der Waals surface area (Å²) in [4.78, 5) is 15.0. The average molecular weight is 232 g/mol. The third-order valence-electron chi connectivity index (χ3n) is 2.62. The van der Waals surface area contributed by atoms with Crippen molar-refractivity contribution in [2.45, 2.75) is 32.6 Å². The van der Waals surface area contributed by atoms with Gasteiger partial charge in [-0.1, -0.05) is 20.8 Å². The van der Waals surface area contributed by atoms with E-state index in [-0.39, 0.29) is 11.8 Å². The number of imidazole rings is 1. The van der Waals surface area contributed by atoms with Crippen molar-refractivity contribution in [3.05, 3.63) is 35.9 Å². The van der Waals surface area contributed by atoms with Gasteiger partial charge >= 0.3 is 5.97 Å². The van der Waals surface area contributed by atoms with Crippen molar-refractivity contribution < 1.29 is 9.90 Å². The molecule has 90 valence electrons. The van der Waals surface area contributed by atoms with Gasteiger partial charge in [-0.05, 0) is 17.7 Å². The van der Waals surface area contributed by atoms with Gasteiger partial charge in [0.2, 0.25) is 0 Å². The van der Waals surface area contributed by atoms with Gasteiger partial charge in [-0.25, -0.2) is 4.98 Å². The Balaban J connectivity index is 2.48. The summed E-state index contributed by atoms with van der Waals surface area (Å²) in [6.45, 7) is 6.31. The molecule has 2 heterocycles. The van der Waals surface area contributed by atoms with Crippen LogP contribution in [0.4, 0.5) is 0 Å². The lowest BCUT2D eigenvalue weighted by Gasteiger charge is -2.16. The van der Waals surface area contributed by atoms with Crippen molar-refractivity contribution in [2.24, 2.45) is 0 Å². The fourth-order valence-corrected chi connectivity index (χ4v) is 1.89. The molecule has 0 aliphatic heterocycles. The van der Waals surface area contributed by atoms with E-state index in [1.165, 1.54) is 0 Å². The molecule has 0 aliphatic carbocycles. The molecule has 0 amide bonds. The highest BCUT2D eigenvalue weighted by atomic mass is 16.4. The lowest BCUT2D eigenvalue weighted by Crippen LogP contribution is -2.15. The van der Waals surface area contributed by atoms with E-state index in [1.54, 1.807) is 6.20 Å². The first-order valence-corrected chi connectivity index (χ1v) is 5.56. The topological polar surface area (TPSA) is 54.6 Å². The number of carboxylic acids is 1. The second-order valence-corrected chi connectivity index (χ2v) is 5.23. The van der Waals surface area contributed by atoms with Crippen LogP contribution in [0.2, 0.25) is 0 Å². The first kappa shape index (κ1) is 11.6. The molecule has 1 N–H and O–H groups in total. The molecule has 0 aliphatic rings. The quantitative estimate of drug-likeness (QED) is 0.864. The maximum atomic E-state index is 10.6. The number of hydrogen-bond donors (Lipinski definition) is 1. The average Bonchev–Trinajstić information content (AvgIpc) is 2.58. The van der Waals surface area contributed by atoms with Crippen LogP contribution in [-0.2, 0) is 16.6 Å². The zero-order valence-corrected chi connectivity index (χ0v) is 10.3. The second kappa shape index (κ2) is 3.87. The molecule has 0 saturated carbocycles. The Morgan fingerprint density at radius 3 is 2.76 bits per heavy atom. The van der Waals surface area contributed by atoms with Gasteiger partial charge in [0.15, 0.2) is 0 Å². The second-order valence-electron chi connectivity index (χ2n) is 5.23. The molecular formula is C13H16N2O2. The molecule has 0 fully saturated rings. The van der Waals surface area contributed by atoms with E-state index >= 15 is 0 Å². The summed E-state index contributed by atoms with van der Waals surface area (Å²) < 4.78 is 2.01. The molecule has 4 nitrogen and oxygen atoms in total. The summed E-state index contributed by atoms with van der Waals surface area (Å²) in [5.41, 5.74) is 1.71. The zero-order chi connectivity index (χ0) is 12.6. The van der Waals surface area contributed by atoms with Crippen molar-refractivity contribution in [2.75, 3.05) is 0 Å². The summed E-state index contributed by atoms with van der Waals surface area (Å²) in [7, 11) is 0. The molecule has 17 heavy (non-hydrogen) atoms. The van der Waals surface area contributed by atoms with Crippen molar-refractivity contribution in [3.63, 3.8) is 0 Å². The summed E-state index contributed by atoms with van der Waals surface area (Å²) >= 11 is 0. The molecular weight excluding hydrogens is 216 g/mol. The molecule has 2 aromatic heterocycles. The Hall–Kier alpha value is -1.84. The molecule has 0 spiro atoms. The predicted molar refractivity (Wildman–Crippen MR) is 65.2 cm³/mol. The highest BCUT2D eigenvalue weighted by Crippen LogP contribution is 2.22. The van der Waals surface area contributed by atoms with Crippen molar-refractivity contribution in [1.29, 1.82) is 0 Å². The van der Waals surface area contributed by atoms with Crippen LogP contribution in [0.15, 0.2) is 24.5 Å². The molecule has 0 saturated heterocycles. The summed E-state index contributed by atoms with van der Waals surface area (Å²) in [5.74, 6) is 0.166. The van der Waals surface area contributed by atoms with Crippen LogP contribution in [0.25, 0.3) is 5.52 Å². The number of hydrogen-bond acceptors (Lipinski definition) is 2. The summed E-state index contributed by atoms with van der Waals surface area (Å²) in [6.07, 6.45) is 3.72. The molecule has 0 bridgehead atoms. The van der Waals surface area contributed by atoms with Gasteiger partial charge in [0.25, 0.3) is 0 Å². The fraction of sp³-hybridized carbons (Fsp3) is 0.385. The molecule has 4 heteroatoms. The van der Waals surface area contributed by atoms with Crippen molar-refractivity contribution in [3.8, 4) is 0 Å². The molecule has 0 unspecified atom stereocenters. The minimum atomic E-state index is -0.815. The SMILES string of the molecule is CC(C)(C)c1ncc2cc(CC(=O)O)ccn12. The van der Waals surface area contributed by atoms with Crippen LogP contribution in [0.1, 0.15) is 32.2 Å². The highest BCUT2D eigenvalue weighted by Gasteiger charge is 2.19. The standard InChI is InChI=1S/C13H16N2O2/c1-13(2,3)12-14-8-10-6-9(7-11(16)17)4-5-15(10)12/h4-6,8H,7H2,1-3H3,(H,16,17). The fourth-order valence-electron chi connectivity index (χ4n) is 1.89.